The summed E-state index contributed by atoms with van der Waals surface area (Å²) in [5, 5.41) is 7.40. The van der Waals surface area contributed by atoms with Crippen LogP contribution in [0.4, 0.5) is 26.2 Å². The van der Waals surface area contributed by atoms with Gasteiger partial charge in [-0.2, -0.15) is 0 Å². The minimum Gasteiger partial charge on any atom is -0.472 e. The zero-order valence-electron chi connectivity index (χ0n) is 17.6. The average Bonchev–Trinajstić information content (AvgIpc) is 3.24. The van der Waals surface area contributed by atoms with Gasteiger partial charge < -0.3 is 15.4 Å². The van der Waals surface area contributed by atoms with Crippen LogP contribution in [0.2, 0.25) is 4.34 Å². The Labute approximate surface area is 201 Å². The van der Waals surface area contributed by atoms with Crippen molar-refractivity contribution in [3.05, 3.63) is 64.2 Å². The highest BCUT2D eigenvalue weighted by Gasteiger charge is 2.28. The maximum absolute atomic E-state index is 14.1. The van der Waals surface area contributed by atoms with Crippen LogP contribution in [0, 0.1) is 5.82 Å². The number of hydrogen-bond acceptors (Lipinski definition) is 5. The minimum absolute atomic E-state index is 0.00755. The van der Waals surface area contributed by atoms with E-state index < -0.39 is 16.5 Å². The fourth-order valence-corrected chi connectivity index (χ4v) is 6.06. The van der Waals surface area contributed by atoms with Crippen molar-refractivity contribution in [2.75, 3.05) is 29.3 Å². The third-order valence-corrected chi connectivity index (χ3v) is 8.06. The Morgan fingerprint density at radius 2 is 2.00 bits per heavy atom. The van der Waals surface area contributed by atoms with Gasteiger partial charge in [-0.1, -0.05) is 22.3 Å². The number of halogens is 2. The molecule has 3 amide bonds. The number of nitrogens with zero attached hydrogens (tertiary/aromatic N) is 1. The molecule has 0 aliphatic carbocycles. The molecular formula is C22H20ClFN4O3S2. The van der Waals surface area contributed by atoms with E-state index in [-0.39, 0.29) is 29.9 Å². The number of fused-ring (bicyclic) bond motifs is 1. The molecule has 1 aliphatic rings. The van der Waals surface area contributed by atoms with E-state index in [0.29, 0.717) is 21.5 Å². The molecule has 3 N–H and O–H groups in total. The third-order valence-electron chi connectivity index (χ3n) is 4.80. The quantitative estimate of drug-likeness (QED) is 0.384. The molecular weight excluding hydrogens is 487 g/mol. The molecule has 7 nitrogen and oxygen atoms in total. The molecule has 0 radical (unpaired) electrons. The SMILES string of the molecule is C/C=S(\NC(=O)Nc1ccc(N2COc3cc(NC)c(F)cc3C2=O)cc1)c1ccc(Cl)s1. The van der Waals surface area contributed by atoms with Crippen LogP contribution in [-0.4, -0.2) is 31.1 Å². The third kappa shape index (κ3) is 4.97. The Kier molecular flexibility index (Phi) is 6.87. The van der Waals surface area contributed by atoms with Crippen LogP contribution < -0.4 is 25.0 Å². The summed E-state index contributed by atoms with van der Waals surface area (Å²) in [7, 11) is 1.02. The van der Waals surface area contributed by atoms with Crippen LogP contribution in [-0.2, 0) is 0 Å². The van der Waals surface area contributed by atoms with E-state index in [1.165, 1.54) is 28.4 Å². The molecule has 1 aromatic heterocycles. The van der Waals surface area contributed by atoms with Crippen LogP contribution in [0.3, 0.4) is 0 Å². The number of carbonyl (C=O) groups excluding carboxylic acids is 2. The number of nitrogens with one attached hydrogen (secondary N) is 3. The van der Waals surface area contributed by atoms with Gasteiger partial charge in [0.05, 0.1) is 19.8 Å². The van der Waals surface area contributed by atoms with Crippen molar-refractivity contribution in [3.63, 3.8) is 0 Å². The highest BCUT2D eigenvalue weighted by molar-refractivity contribution is 8.15. The highest BCUT2D eigenvalue weighted by atomic mass is 35.5. The van der Waals surface area contributed by atoms with Crippen molar-refractivity contribution in [1.29, 1.82) is 0 Å². The smallest absolute Gasteiger partial charge is 0.329 e. The summed E-state index contributed by atoms with van der Waals surface area (Å²) >= 11 is 7.40. The molecule has 11 heteroatoms. The van der Waals surface area contributed by atoms with E-state index in [4.69, 9.17) is 16.3 Å². The molecule has 2 heterocycles. The van der Waals surface area contributed by atoms with Crippen molar-refractivity contribution in [2.24, 2.45) is 0 Å². The van der Waals surface area contributed by atoms with Crippen molar-refractivity contribution in [3.8, 4) is 5.75 Å². The number of urea groups is 1. The van der Waals surface area contributed by atoms with Gasteiger partial charge in [0.1, 0.15) is 11.6 Å². The van der Waals surface area contributed by atoms with Gasteiger partial charge in [-0.15, -0.1) is 11.3 Å². The molecule has 0 saturated heterocycles. The lowest BCUT2D eigenvalue weighted by Crippen LogP contribution is -2.38. The summed E-state index contributed by atoms with van der Waals surface area (Å²) < 4.78 is 24.3. The van der Waals surface area contributed by atoms with Gasteiger partial charge in [0.2, 0.25) is 0 Å². The molecule has 3 aromatic rings. The molecule has 0 bridgehead atoms. The minimum atomic E-state index is -0.574. The molecule has 172 valence electrons. The van der Waals surface area contributed by atoms with E-state index in [1.54, 1.807) is 37.4 Å². The summed E-state index contributed by atoms with van der Waals surface area (Å²) in [5.41, 5.74) is 1.52. The van der Waals surface area contributed by atoms with Gasteiger partial charge in [-0.3, -0.25) is 14.4 Å². The van der Waals surface area contributed by atoms with Gasteiger partial charge in [0, 0.05) is 24.5 Å². The van der Waals surface area contributed by atoms with E-state index in [1.807, 2.05) is 18.4 Å². The van der Waals surface area contributed by atoms with Gasteiger partial charge in [-0.05, 0) is 54.8 Å². The van der Waals surface area contributed by atoms with Gasteiger partial charge in [0.25, 0.3) is 5.91 Å². The number of rotatable bonds is 5. The number of anilines is 3. The first kappa shape index (κ1) is 23.1. The van der Waals surface area contributed by atoms with Gasteiger partial charge in [-0.25, -0.2) is 9.18 Å². The Morgan fingerprint density at radius 1 is 1.24 bits per heavy atom. The fraction of sp³-hybridized carbons (Fsp3) is 0.136. The summed E-state index contributed by atoms with van der Waals surface area (Å²) in [4.78, 5) is 26.7. The summed E-state index contributed by atoms with van der Waals surface area (Å²) in [6.45, 7) is 1.86. The second-order valence-electron chi connectivity index (χ2n) is 6.82. The van der Waals surface area contributed by atoms with Crippen LogP contribution >= 0.6 is 33.6 Å². The molecule has 1 unspecified atom stereocenters. The fourth-order valence-electron chi connectivity index (χ4n) is 3.18. The molecule has 0 fully saturated rings. The first-order chi connectivity index (χ1) is 15.9. The summed E-state index contributed by atoms with van der Waals surface area (Å²) in [6.07, 6.45) is 0. The van der Waals surface area contributed by atoms with E-state index >= 15 is 0 Å². The number of ether oxygens (including phenoxy) is 1. The predicted octanol–water partition coefficient (Wildman–Crippen LogP) is 5.77. The topological polar surface area (TPSA) is 82.7 Å². The standard InChI is InChI=1S/C22H20ClFN4O3S2/c1-3-33(20-9-8-19(23)32-20)27-22(30)26-13-4-6-14(7-5-13)28-12-31-18-11-17(25-2)16(24)10-15(18)21(28)29/h3-11,25H,12H2,1-2H3,(H2,26,27,30). The Balaban J connectivity index is 1.43. The van der Waals surface area contributed by atoms with Crippen LogP contribution in [0.1, 0.15) is 17.3 Å². The molecule has 0 saturated carbocycles. The van der Waals surface area contributed by atoms with E-state index in [0.717, 1.165) is 4.21 Å². The van der Waals surface area contributed by atoms with Crippen molar-refractivity contribution < 1.29 is 18.7 Å². The highest BCUT2D eigenvalue weighted by Crippen LogP contribution is 2.34. The summed E-state index contributed by atoms with van der Waals surface area (Å²) in [6, 6.07) is 12.7. The Hall–Kier alpha value is -3.08. The monoisotopic (exact) mass is 506 g/mol. The molecule has 33 heavy (non-hydrogen) atoms. The first-order valence-electron chi connectivity index (χ1n) is 9.81. The van der Waals surface area contributed by atoms with Crippen molar-refractivity contribution >= 4 is 68.0 Å². The van der Waals surface area contributed by atoms with Crippen molar-refractivity contribution in [2.45, 2.75) is 11.1 Å². The lowest BCUT2D eigenvalue weighted by molar-refractivity contribution is 0.0936. The average molecular weight is 507 g/mol. The van der Waals surface area contributed by atoms with Gasteiger partial charge >= 0.3 is 6.03 Å². The molecule has 4 rings (SSSR count). The number of benzene rings is 2. The number of hydrogen-bond donors (Lipinski definition) is 3. The zero-order valence-corrected chi connectivity index (χ0v) is 20.0. The largest absolute Gasteiger partial charge is 0.472 e. The molecule has 0 spiro atoms. The lowest BCUT2D eigenvalue weighted by atomic mass is 10.1. The second-order valence-corrected chi connectivity index (χ2v) is 10.6. The second kappa shape index (κ2) is 9.82. The molecule has 1 aliphatic heterocycles. The maximum Gasteiger partial charge on any atom is 0.329 e. The lowest BCUT2D eigenvalue weighted by Gasteiger charge is -2.29. The Morgan fingerprint density at radius 3 is 2.64 bits per heavy atom. The Bertz CT molecular complexity index is 1250. The van der Waals surface area contributed by atoms with Crippen LogP contribution in [0.25, 0.3) is 0 Å². The number of amides is 3. The predicted molar refractivity (Wildman–Crippen MR) is 134 cm³/mol. The number of thiophene rings is 1. The zero-order chi connectivity index (χ0) is 23.5. The van der Waals surface area contributed by atoms with Crippen LogP contribution in [0.15, 0.2) is 52.7 Å². The van der Waals surface area contributed by atoms with Crippen molar-refractivity contribution in [1.82, 2.24) is 4.72 Å². The van der Waals surface area contributed by atoms with E-state index in [2.05, 4.69) is 15.4 Å². The van der Waals surface area contributed by atoms with Gasteiger partial charge in [0.15, 0.2) is 6.73 Å². The number of carbonyl (C=O) groups is 2. The van der Waals surface area contributed by atoms with Crippen LogP contribution in [0.5, 0.6) is 5.75 Å². The summed E-state index contributed by atoms with van der Waals surface area (Å²) in [5.74, 6) is -0.575. The maximum atomic E-state index is 14.1. The normalized spacial score (nSPS) is 13.8. The van der Waals surface area contributed by atoms with E-state index in [9.17, 15) is 14.0 Å². The first-order valence-corrected chi connectivity index (χ1v) is 12.3. The molecule has 2 aromatic carbocycles. The molecule has 1 atom stereocenters.